The molecule has 0 saturated carbocycles. The second kappa shape index (κ2) is 3.41. The van der Waals surface area contributed by atoms with Crippen LogP contribution in [0.15, 0.2) is 36.9 Å². The summed E-state index contributed by atoms with van der Waals surface area (Å²) in [6, 6.07) is 7.11. The van der Waals surface area contributed by atoms with Gasteiger partial charge in [0, 0.05) is 0 Å². The average Bonchev–Trinajstić information content (AvgIpc) is 2.23. The molecular weight excluding hydrogens is 178 g/mol. The molecule has 0 saturated heterocycles. The van der Waals surface area contributed by atoms with Gasteiger partial charge in [-0.05, 0) is 17.2 Å². The first kappa shape index (κ1) is 8.62. The van der Waals surface area contributed by atoms with Crippen LogP contribution < -0.4 is 4.73 Å². The van der Waals surface area contributed by atoms with Crippen molar-refractivity contribution in [3.05, 3.63) is 48.0 Å². The number of hydrogen-bond donors (Lipinski definition) is 0. The van der Waals surface area contributed by atoms with Gasteiger partial charge >= 0.3 is 5.82 Å². The monoisotopic (exact) mass is 187 g/mol. The Hall–Kier alpha value is -1.97. The van der Waals surface area contributed by atoms with Gasteiger partial charge in [-0.25, -0.2) is 4.73 Å². The SMILES string of the molecule is C=CCc1nnc2ccccc2[n+]1[O-]. The molecule has 0 fully saturated rings. The molecule has 1 aromatic carbocycles. The van der Waals surface area contributed by atoms with E-state index in [1.54, 1.807) is 24.3 Å². The van der Waals surface area contributed by atoms with Crippen LogP contribution in [0, 0.1) is 5.21 Å². The fraction of sp³-hybridized carbons (Fsp3) is 0.100. The first-order valence-electron chi connectivity index (χ1n) is 4.27. The zero-order chi connectivity index (χ0) is 9.97. The molecule has 0 atom stereocenters. The molecule has 0 bridgehead atoms. The van der Waals surface area contributed by atoms with E-state index in [4.69, 9.17) is 0 Å². The Kier molecular flexibility index (Phi) is 2.10. The summed E-state index contributed by atoms with van der Waals surface area (Å²) in [5.74, 6) is 0.374. The molecule has 70 valence electrons. The Morgan fingerprint density at radius 1 is 1.36 bits per heavy atom. The van der Waals surface area contributed by atoms with E-state index >= 15 is 0 Å². The van der Waals surface area contributed by atoms with E-state index in [1.165, 1.54) is 0 Å². The van der Waals surface area contributed by atoms with Crippen LogP contribution in [0.5, 0.6) is 0 Å². The van der Waals surface area contributed by atoms with Crippen molar-refractivity contribution in [2.24, 2.45) is 0 Å². The molecule has 0 N–H and O–H groups in total. The summed E-state index contributed by atoms with van der Waals surface area (Å²) in [6.07, 6.45) is 2.06. The summed E-state index contributed by atoms with van der Waals surface area (Å²) in [7, 11) is 0. The zero-order valence-corrected chi connectivity index (χ0v) is 7.55. The molecule has 1 heterocycles. The Morgan fingerprint density at radius 2 is 2.14 bits per heavy atom. The minimum atomic E-state index is 0.374. The highest BCUT2D eigenvalue weighted by Crippen LogP contribution is 2.04. The maximum absolute atomic E-state index is 11.7. The Bertz CT molecular complexity index is 482. The lowest BCUT2D eigenvalue weighted by molar-refractivity contribution is -0.589. The number of hydrogen-bond acceptors (Lipinski definition) is 3. The van der Waals surface area contributed by atoms with Crippen molar-refractivity contribution in [3.8, 4) is 0 Å². The molecule has 0 aliphatic carbocycles. The molecule has 0 radical (unpaired) electrons. The zero-order valence-electron chi connectivity index (χ0n) is 7.55. The van der Waals surface area contributed by atoms with E-state index < -0.39 is 0 Å². The van der Waals surface area contributed by atoms with E-state index in [0.717, 1.165) is 4.73 Å². The summed E-state index contributed by atoms with van der Waals surface area (Å²) in [6.45, 7) is 3.56. The molecule has 0 aliphatic rings. The molecule has 2 rings (SSSR count). The van der Waals surface area contributed by atoms with Crippen molar-refractivity contribution in [1.82, 2.24) is 10.2 Å². The predicted octanol–water partition coefficient (Wildman–Crippen LogP) is 0.992. The molecule has 4 heteroatoms. The first-order chi connectivity index (χ1) is 6.83. The second-order valence-corrected chi connectivity index (χ2v) is 2.89. The maximum atomic E-state index is 11.7. The van der Waals surface area contributed by atoms with Gasteiger partial charge in [0.25, 0.3) is 0 Å². The lowest BCUT2D eigenvalue weighted by atomic mass is 10.3. The Labute approximate surface area is 81.1 Å². The highest BCUT2D eigenvalue weighted by atomic mass is 16.5. The fourth-order valence-electron chi connectivity index (χ4n) is 1.26. The Morgan fingerprint density at radius 3 is 2.93 bits per heavy atom. The molecule has 0 unspecified atom stereocenters. The smallest absolute Gasteiger partial charge is 0.333 e. The van der Waals surface area contributed by atoms with Crippen LogP contribution >= 0.6 is 0 Å². The van der Waals surface area contributed by atoms with Gasteiger partial charge in [-0.3, -0.25) is 0 Å². The van der Waals surface area contributed by atoms with Gasteiger partial charge in [-0.15, -0.1) is 6.58 Å². The average molecular weight is 187 g/mol. The van der Waals surface area contributed by atoms with Crippen molar-refractivity contribution in [3.63, 3.8) is 0 Å². The van der Waals surface area contributed by atoms with Gasteiger partial charge in [0.1, 0.15) is 0 Å². The summed E-state index contributed by atoms with van der Waals surface area (Å²) < 4.78 is 0.796. The quantitative estimate of drug-likeness (QED) is 0.400. The molecule has 4 nitrogen and oxygen atoms in total. The molecular formula is C10H9N3O. The van der Waals surface area contributed by atoms with E-state index in [1.807, 2.05) is 6.07 Å². The number of benzene rings is 1. The minimum absolute atomic E-state index is 0.374. The summed E-state index contributed by atoms with van der Waals surface area (Å²) in [5, 5.41) is 19.5. The Balaban J connectivity index is 2.68. The van der Waals surface area contributed by atoms with E-state index in [-0.39, 0.29) is 0 Å². The van der Waals surface area contributed by atoms with E-state index in [2.05, 4.69) is 16.8 Å². The lowest BCUT2D eigenvalue weighted by Gasteiger charge is -2.05. The van der Waals surface area contributed by atoms with Gasteiger partial charge < -0.3 is 5.21 Å². The van der Waals surface area contributed by atoms with Crippen LogP contribution in [-0.2, 0) is 6.42 Å². The number of aromatic nitrogens is 3. The number of nitrogens with zero attached hydrogens (tertiary/aromatic N) is 3. The normalized spacial score (nSPS) is 10.3. The van der Waals surface area contributed by atoms with Gasteiger partial charge in [-0.2, -0.15) is 0 Å². The predicted molar refractivity (Wildman–Crippen MR) is 52.4 cm³/mol. The van der Waals surface area contributed by atoms with Gasteiger partial charge in [0.2, 0.25) is 0 Å². The van der Waals surface area contributed by atoms with Gasteiger partial charge in [0.15, 0.2) is 11.0 Å². The van der Waals surface area contributed by atoms with Crippen LogP contribution in [0.2, 0.25) is 0 Å². The van der Waals surface area contributed by atoms with Crippen molar-refractivity contribution in [2.45, 2.75) is 6.42 Å². The van der Waals surface area contributed by atoms with Crippen LogP contribution in [0.25, 0.3) is 11.0 Å². The molecule has 0 spiro atoms. The van der Waals surface area contributed by atoms with Crippen LogP contribution in [0.4, 0.5) is 0 Å². The third-order valence-corrected chi connectivity index (χ3v) is 1.94. The standard InChI is InChI=1S/C10H9N3O/c1-2-5-10-12-11-8-6-3-4-7-9(8)13(10)14/h2-4,6-7H,1,5H2. The van der Waals surface area contributed by atoms with Gasteiger partial charge in [0.05, 0.1) is 11.5 Å². The first-order valence-corrected chi connectivity index (χ1v) is 4.27. The molecule has 0 amide bonds. The van der Waals surface area contributed by atoms with E-state index in [9.17, 15) is 5.21 Å². The molecule has 1 aromatic heterocycles. The number of fused-ring (bicyclic) bond motifs is 1. The van der Waals surface area contributed by atoms with Crippen molar-refractivity contribution >= 4 is 11.0 Å². The molecule has 0 aliphatic heterocycles. The number of allylic oxidation sites excluding steroid dienone is 1. The molecule has 2 aromatic rings. The maximum Gasteiger partial charge on any atom is 0.333 e. The summed E-state index contributed by atoms with van der Waals surface area (Å²) >= 11 is 0. The van der Waals surface area contributed by atoms with Crippen LogP contribution in [-0.4, -0.2) is 10.2 Å². The highest BCUT2D eigenvalue weighted by molar-refractivity contribution is 5.69. The lowest BCUT2D eigenvalue weighted by Crippen LogP contribution is -2.34. The van der Waals surface area contributed by atoms with Crippen molar-refractivity contribution in [2.75, 3.05) is 0 Å². The van der Waals surface area contributed by atoms with E-state index in [0.29, 0.717) is 23.3 Å². The van der Waals surface area contributed by atoms with Crippen LogP contribution in [0.1, 0.15) is 5.82 Å². The summed E-state index contributed by atoms with van der Waals surface area (Å²) in [4.78, 5) is 0. The van der Waals surface area contributed by atoms with Crippen molar-refractivity contribution < 1.29 is 4.73 Å². The third kappa shape index (κ3) is 1.31. The van der Waals surface area contributed by atoms with Crippen molar-refractivity contribution in [1.29, 1.82) is 0 Å². The largest absolute Gasteiger partial charge is 0.710 e. The number of rotatable bonds is 2. The molecule has 14 heavy (non-hydrogen) atoms. The topological polar surface area (TPSA) is 52.7 Å². The minimum Gasteiger partial charge on any atom is -0.710 e. The van der Waals surface area contributed by atoms with Gasteiger partial charge in [-0.1, -0.05) is 18.2 Å². The highest BCUT2D eigenvalue weighted by Gasteiger charge is 2.10. The summed E-state index contributed by atoms with van der Waals surface area (Å²) in [5.41, 5.74) is 1.15. The van der Waals surface area contributed by atoms with Crippen LogP contribution in [0.3, 0.4) is 0 Å². The number of para-hydroxylation sites is 1. The third-order valence-electron chi connectivity index (χ3n) is 1.94. The fourth-order valence-corrected chi connectivity index (χ4v) is 1.26. The second-order valence-electron chi connectivity index (χ2n) is 2.89.